The van der Waals surface area contributed by atoms with Crippen LogP contribution >= 0.6 is 23.1 Å². The smallest absolute Gasteiger partial charge is 0.267 e. The quantitative estimate of drug-likeness (QED) is 0.453. The number of carbonyl (C=O) groups excluding carboxylic acids is 1. The molecule has 3 aromatic rings. The second-order valence-electron chi connectivity index (χ2n) is 7.55. The van der Waals surface area contributed by atoms with Crippen molar-refractivity contribution in [2.45, 2.75) is 51.2 Å². The van der Waals surface area contributed by atoms with E-state index in [0.29, 0.717) is 16.3 Å². The number of thioether (sulfide) groups is 1. The number of rotatable bonds is 4. The fourth-order valence-corrected chi connectivity index (χ4v) is 5.82. The van der Waals surface area contributed by atoms with Crippen LogP contribution in [-0.2, 0) is 4.79 Å². The van der Waals surface area contributed by atoms with E-state index in [1.165, 1.54) is 18.2 Å². The molecule has 0 radical (unpaired) electrons. The van der Waals surface area contributed by atoms with Crippen molar-refractivity contribution in [2.24, 2.45) is 0 Å². The third-order valence-corrected chi connectivity index (χ3v) is 7.66. The lowest BCUT2D eigenvalue weighted by molar-refractivity contribution is -0.131. The predicted octanol–water partition coefficient (Wildman–Crippen LogP) is 4.56. The number of carbonyl (C=O) groups is 1. The highest BCUT2D eigenvalue weighted by molar-refractivity contribution is 7.99. The summed E-state index contributed by atoms with van der Waals surface area (Å²) in [6.45, 7) is 6.92. The third-order valence-electron chi connectivity index (χ3n) is 5.63. The van der Waals surface area contributed by atoms with E-state index in [2.05, 4.69) is 6.92 Å². The van der Waals surface area contributed by atoms with Crippen molar-refractivity contribution in [1.82, 2.24) is 14.5 Å². The first-order chi connectivity index (χ1) is 14.0. The van der Waals surface area contributed by atoms with Gasteiger partial charge in [-0.1, -0.05) is 30.0 Å². The van der Waals surface area contributed by atoms with Gasteiger partial charge < -0.3 is 4.90 Å². The molecule has 1 amide bonds. The molecule has 152 valence electrons. The molecule has 3 heterocycles. The van der Waals surface area contributed by atoms with E-state index in [1.807, 2.05) is 49.1 Å². The monoisotopic (exact) mass is 427 g/mol. The van der Waals surface area contributed by atoms with Gasteiger partial charge in [-0.2, -0.15) is 0 Å². The van der Waals surface area contributed by atoms with Gasteiger partial charge in [0.25, 0.3) is 5.56 Å². The minimum atomic E-state index is -0.0654. The molecule has 0 unspecified atom stereocenters. The molecule has 2 aromatic heterocycles. The van der Waals surface area contributed by atoms with E-state index in [4.69, 9.17) is 4.98 Å². The lowest BCUT2D eigenvalue weighted by Gasteiger charge is -2.33. The number of thiophene rings is 1. The highest BCUT2D eigenvalue weighted by atomic mass is 32.2. The molecule has 0 N–H and O–H groups in total. The molecule has 4 rings (SSSR count). The number of nitrogens with zero attached hydrogens (tertiary/aromatic N) is 3. The van der Waals surface area contributed by atoms with Gasteiger partial charge >= 0.3 is 0 Å². The van der Waals surface area contributed by atoms with Crippen molar-refractivity contribution in [3.8, 4) is 5.69 Å². The van der Waals surface area contributed by atoms with Crippen molar-refractivity contribution < 1.29 is 4.79 Å². The van der Waals surface area contributed by atoms with Gasteiger partial charge in [0.05, 0.1) is 16.8 Å². The van der Waals surface area contributed by atoms with Gasteiger partial charge in [-0.15, -0.1) is 11.3 Å². The highest BCUT2D eigenvalue weighted by Gasteiger charge is 2.24. The molecule has 1 saturated heterocycles. The summed E-state index contributed by atoms with van der Waals surface area (Å²) in [5, 5.41) is 1.25. The van der Waals surface area contributed by atoms with Crippen molar-refractivity contribution in [3.05, 3.63) is 51.1 Å². The average Bonchev–Trinajstić information content (AvgIpc) is 3.01. The number of aryl methyl sites for hydroxylation is 2. The van der Waals surface area contributed by atoms with Crippen LogP contribution in [0.25, 0.3) is 15.9 Å². The Balaban J connectivity index is 1.73. The fraction of sp³-hybridized carbons (Fsp3) is 0.409. The molecule has 0 spiro atoms. The third kappa shape index (κ3) is 3.85. The maximum absolute atomic E-state index is 13.4. The van der Waals surface area contributed by atoms with Crippen LogP contribution in [0.15, 0.2) is 40.3 Å². The van der Waals surface area contributed by atoms with Gasteiger partial charge in [0.1, 0.15) is 4.83 Å². The number of fused-ring (bicyclic) bond motifs is 1. The maximum atomic E-state index is 13.4. The van der Waals surface area contributed by atoms with E-state index in [0.717, 1.165) is 40.3 Å². The number of hydrogen-bond acceptors (Lipinski definition) is 5. The zero-order valence-electron chi connectivity index (χ0n) is 17.0. The molecule has 0 saturated carbocycles. The number of benzene rings is 1. The van der Waals surface area contributed by atoms with Crippen molar-refractivity contribution in [1.29, 1.82) is 0 Å². The van der Waals surface area contributed by atoms with Crippen LogP contribution in [0.1, 0.15) is 36.6 Å². The standard InChI is InChI=1S/C22H25N3O2S2/c1-14-9-7-8-12-24(14)18(26)13-28-22-23-20-19(15(2)16(3)29-20)21(27)25(22)17-10-5-4-6-11-17/h4-6,10-11,14H,7-9,12-13H2,1-3H3/t14-/m1/s1. The number of piperidine rings is 1. The molecule has 7 heteroatoms. The van der Waals surface area contributed by atoms with Gasteiger partial charge in [0.2, 0.25) is 5.91 Å². The fourth-order valence-electron chi connectivity index (χ4n) is 3.85. The molecule has 1 aliphatic heterocycles. The first kappa shape index (κ1) is 20.2. The van der Waals surface area contributed by atoms with Gasteiger partial charge in [-0.05, 0) is 57.7 Å². The largest absolute Gasteiger partial charge is 0.339 e. The minimum Gasteiger partial charge on any atom is -0.339 e. The number of likely N-dealkylation sites (tertiary alicyclic amines) is 1. The predicted molar refractivity (Wildman–Crippen MR) is 120 cm³/mol. The Hall–Kier alpha value is -2.12. The van der Waals surface area contributed by atoms with E-state index in [-0.39, 0.29) is 17.5 Å². The summed E-state index contributed by atoms with van der Waals surface area (Å²) in [5.41, 5.74) is 1.70. The average molecular weight is 428 g/mol. The molecular formula is C22H25N3O2S2. The van der Waals surface area contributed by atoms with Crippen LogP contribution in [-0.4, -0.2) is 38.7 Å². The summed E-state index contributed by atoms with van der Waals surface area (Å²) in [6.07, 6.45) is 3.30. The summed E-state index contributed by atoms with van der Waals surface area (Å²) in [4.78, 5) is 34.9. The molecule has 0 bridgehead atoms. The van der Waals surface area contributed by atoms with E-state index >= 15 is 0 Å². The normalized spacial score (nSPS) is 17.1. The Kier molecular flexibility index (Phi) is 5.79. The van der Waals surface area contributed by atoms with E-state index < -0.39 is 0 Å². The second-order valence-corrected chi connectivity index (χ2v) is 9.70. The highest BCUT2D eigenvalue weighted by Crippen LogP contribution is 2.30. The van der Waals surface area contributed by atoms with Crippen LogP contribution in [0.5, 0.6) is 0 Å². The first-order valence-electron chi connectivity index (χ1n) is 9.98. The summed E-state index contributed by atoms with van der Waals surface area (Å²) in [7, 11) is 0. The lowest BCUT2D eigenvalue weighted by Crippen LogP contribution is -2.43. The SMILES string of the molecule is Cc1sc2nc(SCC(=O)N3CCCC[C@H]3C)n(-c3ccccc3)c(=O)c2c1C. The Bertz CT molecular complexity index is 1100. The Morgan fingerprint density at radius 2 is 2.00 bits per heavy atom. The Morgan fingerprint density at radius 3 is 2.72 bits per heavy atom. The van der Waals surface area contributed by atoms with Gasteiger partial charge in [-0.25, -0.2) is 4.98 Å². The number of aromatic nitrogens is 2. The van der Waals surface area contributed by atoms with Gasteiger partial charge in [0, 0.05) is 17.5 Å². The molecule has 1 aromatic carbocycles. The first-order valence-corrected chi connectivity index (χ1v) is 11.8. The maximum Gasteiger partial charge on any atom is 0.267 e. The Labute approximate surface area is 178 Å². The van der Waals surface area contributed by atoms with E-state index in [1.54, 1.807) is 15.9 Å². The summed E-state index contributed by atoms with van der Waals surface area (Å²) in [5.74, 6) is 0.410. The summed E-state index contributed by atoms with van der Waals surface area (Å²) < 4.78 is 1.65. The minimum absolute atomic E-state index is 0.0654. The van der Waals surface area contributed by atoms with E-state index in [9.17, 15) is 9.59 Å². The number of amides is 1. The summed E-state index contributed by atoms with van der Waals surface area (Å²) in [6, 6.07) is 9.84. The van der Waals surface area contributed by atoms with Crippen molar-refractivity contribution >= 4 is 39.2 Å². The van der Waals surface area contributed by atoms with Crippen molar-refractivity contribution in [2.75, 3.05) is 12.3 Å². The Morgan fingerprint density at radius 1 is 1.24 bits per heavy atom. The van der Waals surface area contributed by atoms with Crippen LogP contribution in [0.3, 0.4) is 0 Å². The molecule has 29 heavy (non-hydrogen) atoms. The summed E-state index contributed by atoms with van der Waals surface area (Å²) >= 11 is 2.90. The second kappa shape index (κ2) is 8.32. The zero-order valence-corrected chi connectivity index (χ0v) is 18.6. The lowest BCUT2D eigenvalue weighted by atomic mass is 10.0. The van der Waals surface area contributed by atoms with Crippen LogP contribution < -0.4 is 5.56 Å². The molecule has 1 fully saturated rings. The molecule has 0 aliphatic carbocycles. The van der Waals surface area contributed by atoms with Gasteiger partial charge in [-0.3, -0.25) is 14.2 Å². The number of hydrogen-bond donors (Lipinski definition) is 0. The molecule has 1 atom stereocenters. The molecule has 1 aliphatic rings. The van der Waals surface area contributed by atoms with Gasteiger partial charge in [0.15, 0.2) is 5.16 Å². The topological polar surface area (TPSA) is 55.2 Å². The van der Waals surface area contributed by atoms with Crippen LogP contribution in [0, 0.1) is 13.8 Å². The van der Waals surface area contributed by atoms with Crippen molar-refractivity contribution in [3.63, 3.8) is 0 Å². The molecular weight excluding hydrogens is 402 g/mol. The molecule has 5 nitrogen and oxygen atoms in total. The van der Waals surface area contributed by atoms with Crippen LogP contribution in [0.2, 0.25) is 0 Å². The zero-order chi connectivity index (χ0) is 20.5. The number of para-hydroxylation sites is 1. The van der Waals surface area contributed by atoms with Crippen LogP contribution in [0.4, 0.5) is 0 Å².